The molecule has 0 aliphatic carbocycles. The summed E-state index contributed by atoms with van der Waals surface area (Å²) in [5.41, 5.74) is 4.01. The summed E-state index contributed by atoms with van der Waals surface area (Å²) in [4.78, 5) is 42.1. The lowest BCUT2D eigenvalue weighted by molar-refractivity contribution is -0.138. The number of aryl methyl sites for hydroxylation is 2. The van der Waals surface area contributed by atoms with E-state index in [1.54, 1.807) is 48.5 Å². The molecule has 4 aromatic rings. The molecular weight excluding hydrogens is 542 g/mol. The summed E-state index contributed by atoms with van der Waals surface area (Å²) in [6.07, 6.45) is 1.50. The van der Waals surface area contributed by atoms with E-state index in [1.807, 2.05) is 38.1 Å². The van der Waals surface area contributed by atoms with Gasteiger partial charge in [-0.25, -0.2) is 0 Å². The van der Waals surface area contributed by atoms with Crippen molar-refractivity contribution < 1.29 is 28.3 Å². The summed E-state index contributed by atoms with van der Waals surface area (Å²) in [7, 11) is 0. The van der Waals surface area contributed by atoms with Crippen LogP contribution in [-0.4, -0.2) is 29.4 Å². The van der Waals surface area contributed by atoms with Crippen LogP contribution in [0.15, 0.2) is 99.0 Å². The van der Waals surface area contributed by atoms with Crippen molar-refractivity contribution in [3.8, 4) is 11.5 Å². The first-order valence-electron chi connectivity index (χ1n) is 12.8. The average molecular weight is 568 g/mol. The molecule has 0 unspecified atom stereocenters. The van der Waals surface area contributed by atoms with Crippen LogP contribution in [0.3, 0.4) is 0 Å². The number of furan rings is 1. The van der Waals surface area contributed by atoms with Crippen LogP contribution in [-0.2, 0) is 16.1 Å². The lowest BCUT2D eigenvalue weighted by Gasteiger charge is -2.14. The Morgan fingerprint density at radius 1 is 0.878 bits per heavy atom. The van der Waals surface area contributed by atoms with Crippen LogP contribution in [0.2, 0.25) is 0 Å². The number of hydrogen-bond acceptors (Lipinski definition) is 8. The molecule has 41 heavy (non-hydrogen) atoms. The number of nitrogens with zero attached hydrogens (tertiary/aromatic N) is 1. The van der Waals surface area contributed by atoms with Gasteiger partial charge in [-0.3, -0.25) is 19.3 Å². The van der Waals surface area contributed by atoms with Gasteiger partial charge in [0.2, 0.25) is 6.79 Å². The number of carbonyl (C=O) groups is 3. The predicted octanol–water partition coefficient (Wildman–Crippen LogP) is 5.86. The van der Waals surface area contributed by atoms with Crippen LogP contribution in [0.5, 0.6) is 11.5 Å². The maximum atomic E-state index is 13.6. The Balaban J connectivity index is 1.26. The van der Waals surface area contributed by atoms with Gasteiger partial charge < -0.3 is 24.5 Å². The third-order valence-corrected chi connectivity index (χ3v) is 7.81. The van der Waals surface area contributed by atoms with Gasteiger partial charge in [0.05, 0.1) is 12.8 Å². The molecule has 3 aromatic carbocycles. The SMILES string of the molecule is Cc1ccc(NC2=C(Sc3cccc(NC(=O)c4ccc5c(c4)OCO5)c3)C(=O)N(Cc3ccco3)C2=O)cc1C. The Bertz CT molecular complexity index is 1710. The molecule has 3 heterocycles. The molecule has 10 heteroatoms. The average Bonchev–Trinajstić information content (AvgIpc) is 3.70. The van der Waals surface area contributed by atoms with Gasteiger partial charge in [-0.1, -0.05) is 23.9 Å². The summed E-state index contributed by atoms with van der Waals surface area (Å²) < 4.78 is 16.1. The first-order valence-corrected chi connectivity index (χ1v) is 13.6. The lowest BCUT2D eigenvalue weighted by atomic mass is 10.1. The number of benzene rings is 3. The van der Waals surface area contributed by atoms with E-state index in [-0.39, 0.29) is 29.8 Å². The molecule has 0 bridgehead atoms. The number of rotatable bonds is 8. The van der Waals surface area contributed by atoms with Gasteiger partial charge in [0.1, 0.15) is 16.4 Å². The molecule has 6 rings (SSSR count). The summed E-state index contributed by atoms with van der Waals surface area (Å²) >= 11 is 1.15. The van der Waals surface area contributed by atoms with Gasteiger partial charge in [0, 0.05) is 21.8 Å². The molecule has 0 saturated heterocycles. The first-order chi connectivity index (χ1) is 19.9. The Kier molecular flexibility index (Phi) is 6.98. The van der Waals surface area contributed by atoms with Crippen molar-refractivity contribution in [2.24, 2.45) is 0 Å². The Morgan fingerprint density at radius 2 is 1.73 bits per heavy atom. The van der Waals surface area contributed by atoms with Gasteiger partial charge in [-0.15, -0.1) is 0 Å². The quantitative estimate of drug-likeness (QED) is 0.255. The van der Waals surface area contributed by atoms with Crippen LogP contribution >= 0.6 is 11.8 Å². The fraction of sp³-hybridized carbons (Fsp3) is 0.129. The van der Waals surface area contributed by atoms with E-state index in [1.165, 1.54) is 6.26 Å². The van der Waals surface area contributed by atoms with Gasteiger partial charge >= 0.3 is 0 Å². The number of anilines is 2. The number of nitrogens with one attached hydrogen (secondary N) is 2. The normalized spacial score (nSPS) is 14.1. The second kappa shape index (κ2) is 10.9. The van der Waals surface area contributed by atoms with Crippen LogP contribution in [0.1, 0.15) is 27.2 Å². The summed E-state index contributed by atoms with van der Waals surface area (Å²) in [5.74, 6) is 0.406. The molecular formula is C31H25N3O6S. The van der Waals surface area contributed by atoms with Gasteiger partial charge in [-0.2, -0.15) is 0 Å². The number of hydrogen-bond donors (Lipinski definition) is 2. The number of carbonyl (C=O) groups excluding carboxylic acids is 3. The van der Waals surface area contributed by atoms with Crippen LogP contribution < -0.4 is 20.1 Å². The largest absolute Gasteiger partial charge is 0.467 e. The van der Waals surface area contributed by atoms with Crippen LogP contribution in [0, 0.1) is 13.8 Å². The van der Waals surface area contributed by atoms with Crippen LogP contribution in [0.25, 0.3) is 0 Å². The van der Waals surface area contributed by atoms with E-state index in [0.717, 1.165) is 27.8 Å². The van der Waals surface area contributed by atoms with Gasteiger partial charge in [-0.05, 0) is 85.6 Å². The molecule has 206 valence electrons. The minimum Gasteiger partial charge on any atom is -0.467 e. The summed E-state index contributed by atoms with van der Waals surface area (Å²) in [5, 5.41) is 6.06. The van der Waals surface area contributed by atoms with Gasteiger partial charge in [0.25, 0.3) is 17.7 Å². The number of thioether (sulfide) groups is 1. The molecule has 2 aliphatic rings. The molecule has 0 fully saturated rings. The molecule has 9 nitrogen and oxygen atoms in total. The smallest absolute Gasteiger partial charge is 0.278 e. The van der Waals surface area contributed by atoms with Crippen molar-refractivity contribution in [2.75, 3.05) is 17.4 Å². The third kappa shape index (κ3) is 5.42. The molecule has 0 atom stereocenters. The molecule has 0 spiro atoms. The van der Waals surface area contributed by atoms with Crippen molar-refractivity contribution in [3.63, 3.8) is 0 Å². The molecule has 3 amide bonds. The molecule has 1 aromatic heterocycles. The first kappa shape index (κ1) is 26.3. The second-order valence-corrected chi connectivity index (χ2v) is 10.6. The standard InChI is InChI=1S/C31H25N3O6S/c1-18-8-10-22(13-19(18)2)32-27-28(31(37)34(30(27)36)16-23-6-4-12-38-23)41-24-7-3-5-21(15-24)33-29(35)20-9-11-25-26(14-20)40-17-39-25/h3-15,32H,16-17H2,1-2H3,(H,33,35). The maximum absolute atomic E-state index is 13.6. The van der Waals surface area contributed by atoms with Crippen molar-refractivity contribution in [2.45, 2.75) is 25.3 Å². The van der Waals surface area contributed by atoms with Crippen molar-refractivity contribution in [3.05, 3.63) is 112 Å². The monoisotopic (exact) mass is 567 g/mol. The summed E-state index contributed by atoms with van der Waals surface area (Å²) in [6, 6.07) is 21.3. The maximum Gasteiger partial charge on any atom is 0.278 e. The zero-order valence-electron chi connectivity index (χ0n) is 22.2. The highest BCUT2D eigenvalue weighted by Crippen LogP contribution is 2.38. The lowest BCUT2D eigenvalue weighted by Crippen LogP contribution is -2.31. The fourth-order valence-electron chi connectivity index (χ4n) is 4.42. The molecule has 2 aliphatic heterocycles. The second-order valence-electron chi connectivity index (χ2n) is 9.56. The van der Waals surface area contributed by atoms with Crippen molar-refractivity contribution in [1.29, 1.82) is 0 Å². The van der Waals surface area contributed by atoms with Crippen molar-refractivity contribution in [1.82, 2.24) is 4.90 Å². The number of imide groups is 1. The number of ether oxygens (including phenoxy) is 2. The van der Waals surface area contributed by atoms with Crippen molar-refractivity contribution >= 4 is 40.9 Å². The molecule has 0 saturated carbocycles. The minimum absolute atomic E-state index is 0.0124. The number of fused-ring (bicyclic) bond motifs is 1. The van der Waals surface area contributed by atoms with Crippen LogP contribution in [0.4, 0.5) is 11.4 Å². The third-order valence-electron chi connectivity index (χ3n) is 6.74. The van der Waals surface area contributed by atoms with E-state index in [2.05, 4.69) is 10.6 Å². The highest BCUT2D eigenvalue weighted by Gasteiger charge is 2.39. The topological polar surface area (TPSA) is 110 Å². The minimum atomic E-state index is -0.445. The predicted molar refractivity (Wildman–Crippen MR) is 154 cm³/mol. The molecule has 0 radical (unpaired) electrons. The molecule has 2 N–H and O–H groups in total. The fourth-order valence-corrected chi connectivity index (χ4v) is 5.43. The highest BCUT2D eigenvalue weighted by molar-refractivity contribution is 8.04. The summed E-state index contributed by atoms with van der Waals surface area (Å²) in [6.45, 7) is 4.13. The number of amides is 3. The van der Waals surface area contributed by atoms with E-state index >= 15 is 0 Å². The van der Waals surface area contributed by atoms with E-state index in [0.29, 0.717) is 39.1 Å². The van der Waals surface area contributed by atoms with Gasteiger partial charge in [0.15, 0.2) is 11.5 Å². The Morgan fingerprint density at radius 3 is 2.54 bits per heavy atom. The van der Waals surface area contributed by atoms with E-state index in [9.17, 15) is 14.4 Å². The highest BCUT2D eigenvalue weighted by atomic mass is 32.2. The zero-order valence-corrected chi connectivity index (χ0v) is 23.0. The Labute approximate surface area is 240 Å². The zero-order chi connectivity index (χ0) is 28.5. The Hall–Kier alpha value is -4.96. The van der Waals surface area contributed by atoms with E-state index < -0.39 is 11.8 Å². The van der Waals surface area contributed by atoms with E-state index in [4.69, 9.17) is 13.9 Å².